The summed E-state index contributed by atoms with van der Waals surface area (Å²) in [7, 11) is 0. The van der Waals surface area contributed by atoms with E-state index in [1.165, 1.54) is 17.5 Å². The van der Waals surface area contributed by atoms with Gasteiger partial charge in [0.2, 0.25) is 0 Å². The van der Waals surface area contributed by atoms with Crippen LogP contribution in [0.15, 0.2) is 24.7 Å². The summed E-state index contributed by atoms with van der Waals surface area (Å²) in [6.45, 7) is 5.27. The lowest BCUT2D eigenvalue weighted by Gasteiger charge is -2.24. The van der Waals surface area contributed by atoms with Gasteiger partial charge in [0.05, 0.1) is 12.4 Å². The molecular weight excluding hydrogens is 298 g/mol. The molecule has 0 fully saturated rings. The minimum atomic E-state index is -1.05. The highest BCUT2D eigenvalue weighted by Crippen LogP contribution is 2.25. The predicted octanol–water partition coefficient (Wildman–Crippen LogP) is 3.30. The number of hydrogen-bond donors (Lipinski definition) is 1. The molecule has 1 N–H and O–H groups in total. The molecule has 0 unspecified atom stereocenters. The molecule has 0 saturated heterocycles. The molecule has 2 heterocycles. The molecule has 1 amide bonds. The van der Waals surface area contributed by atoms with Crippen LogP contribution in [0.4, 0.5) is 5.13 Å². The summed E-state index contributed by atoms with van der Waals surface area (Å²) in [5, 5.41) is 3.12. The van der Waals surface area contributed by atoms with Crippen molar-refractivity contribution in [3.63, 3.8) is 0 Å². The van der Waals surface area contributed by atoms with Crippen molar-refractivity contribution in [2.45, 2.75) is 26.4 Å². The first-order chi connectivity index (χ1) is 9.37. The first-order valence-corrected chi connectivity index (χ1v) is 7.10. The predicted molar refractivity (Wildman–Crippen MR) is 79.4 cm³/mol. The maximum absolute atomic E-state index is 12.2. The molecule has 2 aromatic rings. The fraction of sp³-hybridized carbons (Fsp3) is 0.308. The van der Waals surface area contributed by atoms with Gasteiger partial charge in [-0.3, -0.25) is 15.1 Å². The summed E-state index contributed by atoms with van der Waals surface area (Å²) in [6.07, 6.45) is 4.78. The van der Waals surface area contributed by atoms with Gasteiger partial charge in [0.25, 0.3) is 5.91 Å². The van der Waals surface area contributed by atoms with Crippen LogP contribution < -0.4 is 10.1 Å². The maximum Gasteiger partial charge on any atom is 0.269 e. The van der Waals surface area contributed by atoms with Crippen LogP contribution in [0.2, 0.25) is 4.34 Å². The van der Waals surface area contributed by atoms with Crippen LogP contribution in [-0.2, 0) is 4.79 Å². The third-order valence-corrected chi connectivity index (χ3v) is 3.50. The normalized spacial score (nSPS) is 11.2. The lowest BCUT2D eigenvalue weighted by Crippen LogP contribution is -2.42. The van der Waals surface area contributed by atoms with Gasteiger partial charge >= 0.3 is 0 Å². The molecule has 2 rings (SSSR count). The Kier molecular flexibility index (Phi) is 4.25. The van der Waals surface area contributed by atoms with Gasteiger partial charge in [-0.25, -0.2) is 4.98 Å². The Morgan fingerprint density at radius 2 is 2.15 bits per heavy atom. The number of carbonyl (C=O) groups excluding carboxylic acids is 1. The van der Waals surface area contributed by atoms with E-state index in [9.17, 15) is 4.79 Å². The molecular formula is C13H14ClN3O2S. The summed E-state index contributed by atoms with van der Waals surface area (Å²) in [5.74, 6) is 0.243. The summed E-state index contributed by atoms with van der Waals surface area (Å²) in [6, 6.07) is 1.82. The fourth-order valence-electron chi connectivity index (χ4n) is 1.48. The molecule has 0 bridgehead atoms. The number of nitrogens with one attached hydrogen (secondary N) is 1. The zero-order valence-corrected chi connectivity index (χ0v) is 12.9. The second-order valence-electron chi connectivity index (χ2n) is 4.73. The summed E-state index contributed by atoms with van der Waals surface area (Å²) < 4.78 is 6.21. The lowest BCUT2D eigenvalue weighted by atomic mass is 10.1. The van der Waals surface area contributed by atoms with Gasteiger partial charge in [0.1, 0.15) is 10.1 Å². The van der Waals surface area contributed by atoms with Crippen LogP contribution in [0.1, 0.15) is 19.4 Å². The van der Waals surface area contributed by atoms with E-state index in [2.05, 4.69) is 15.3 Å². The van der Waals surface area contributed by atoms with Crippen molar-refractivity contribution in [3.05, 3.63) is 34.6 Å². The number of aromatic nitrogens is 2. The van der Waals surface area contributed by atoms with Gasteiger partial charge in [0, 0.05) is 6.20 Å². The molecule has 106 valence electrons. The van der Waals surface area contributed by atoms with Gasteiger partial charge in [-0.2, -0.15) is 0 Å². The van der Waals surface area contributed by atoms with Crippen molar-refractivity contribution in [1.29, 1.82) is 0 Å². The highest BCUT2D eigenvalue weighted by molar-refractivity contribution is 7.19. The van der Waals surface area contributed by atoms with Crippen molar-refractivity contribution in [2.75, 3.05) is 5.32 Å². The van der Waals surface area contributed by atoms with Gasteiger partial charge in [-0.1, -0.05) is 22.9 Å². The van der Waals surface area contributed by atoms with Crippen LogP contribution in [0.3, 0.4) is 0 Å². The smallest absolute Gasteiger partial charge is 0.269 e. The molecule has 0 atom stereocenters. The number of carbonyl (C=O) groups is 1. The molecule has 0 aliphatic heterocycles. The molecule has 2 aromatic heterocycles. The molecule has 0 radical (unpaired) electrons. The second-order valence-corrected chi connectivity index (χ2v) is 6.40. The van der Waals surface area contributed by atoms with Gasteiger partial charge < -0.3 is 4.74 Å². The first kappa shape index (κ1) is 14.7. The van der Waals surface area contributed by atoms with Gasteiger partial charge in [-0.15, -0.1) is 0 Å². The van der Waals surface area contributed by atoms with Crippen molar-refractivity contribution < 1.29 is 9.53 Å². The quantitative estimate of drug-likeness (QED) is 0.941. The molecule has 5 nitrogen and oxygen atoms in total. The topological polar surface area (TPSA) is 64.1 Å². The summed E-state index contributed by atoms with van der Waals surface area (Å²) >= 11 is 6.97. The molecule has 0 aromatic carbocycles. The fourth-order valence-corrected chi connectivity index (χ4v) is 2.29. The Labute approximate surface area is 126 Å². The van der Waals surface area contributed by atoms with E-state index in [0.29, 0.717) is 15.2 Å². The van der Waals surface area contributed by atoms with E-state index in [0.717, 1.165) is 5.56 Å². The number of ether oxygens (including phenoxy) is 1. The lowest BCUT2D eigenvalue weighted by molar-refractivity contribution is -0.128. The Morgan fingerprint density at radius 1 is 1.40 bits per heavy atom. The zero-order chi connectivity index (χ0) is 14.8. The Bertz CT molecular complexity index is 628. The van der Waals surface area contributed by atoms with Crippen LogP contribution >= 0.6 is 22.9 Å². The monoisotopic (exact) mass is 311 g/mol. The summed E-state index contributed by atoms with van der Waals surface area (Å²) in [5.41, 5.74) is -0.0847. The number of anilines is 1. The molecule has 0 spiro atoms. The van der Waals surface area contributed by atoms with Gasteiger partial charge in [-0.05, 0) is 32.4 Å². The number of rotatable bonds is 4. The number of hydrogen-bond acceptors (Lipinski definition) is 5. The van der Waals surface area contributed by atoms with E-state index < -0.39 is 5.60 Å². The van der Waals surface area contributed by atoms with Crippen LogP contribution in [-0.4, -0.2) is 21.5 Å². The highest BCUT2D eigenvalue weighted by Gasteiger charge is 2.30. The van der Waals surface area contributed by atoms with E-state index in [-0.39, 0.29) is 5.91 Å². The number of pyridine rings is 1. The highest BCUT2D eigenvalue weighted by atomic mass is 35.5. The SMILES string of the molecule is Cc1cncc(OC(C)(C)C(=O)Nc2ncc(Cl)s2)c1. The third-order valence-electron chi connectivity index (χ3n) is 2.47. The molecule has 0 aliphatic carbocycles. The molecule has 20 heavy (non-hydrogen) atoms. The van der Waals surface area contributed by atoms with E-state index >= 15 is 0 Å². The van der Waals surface area contributed by atoms with E-state index in [1.807, 2.05) is 13.0 Å². The van der Waals surface area contributed by atoms with Crippen LogP contribution in [0.5, 0.6) is 5.75 Å². The van der Waals surface area contributed by atoms with Crippen molar-refractivity contribution in [1.82, 2.24) is 9.97 Å². The number of aryl methyl sites for hydroxylation is 1. The van der Waals surface area contributed by atoms with E-state index in [4.69, 9.17) is 16.3 Å². The zero-order valence-electron chi connectivity index (χ0n) is 11.3. The minimum absolute atomic E-state index is 0.301. The standard InChI is InChI=1S/C13H14ClN3O2S/c1-8-4-9(6-15-5-8)19-13(2,3)11(18)17-12-16-7-10(14)20-12/h4-7H,1-3H3,(H,16,17,18). The third kappa shape index (κ3) is 3.68. The van der Waals surface area contributed by atoms with Crippen molar-refractivity contribution in [3.8, 4) is 5.75 Å². The Morgan fingerprint density at radius 3 is 2.75 bits per heavy atom. The van der Waals surface area contributed by atoms with Gasteiger partial charge in [0.15, 0.2) is 10.7 Å². The van der Waals surface area contributed by atoms with Crippen molar-refractivity contribution >= 4 is 34.0 Å². The maximum atomic E-state index is 12.2. The average Bonchev–Trinajstić information content (AvgIpc) is 2.74. The molecule has 7 heteroatoms. The molecule has 0 aliphatic rings. The van der Waals surface area contributed by atoms with Crippen LogP contribution in [0, 0.1) is 6.92 Å². The number of thiazole rings is 1. The number of halogens is 1. The second kappa shape index (κ2) is 5.76. The summed E-state index contributed by atoms with van der Waals surface area (Å²) in [4.78, 5) is 20.2. The number of amides is 1. The van der Waals surface area contributed by atoms with E-state index in [1.54, 1.807) is 26.2 Å². The number of nitrogens with zero attached hydrogens (tertiary/aromatic N) is 2. The Hall–Kier alpha value is -1.66. The largest absolute Gasteiger partial charge is 0.476 e. The van der Waals surface area contributed by atoms with Crippen LogP contribution in [0.25, 0.3) is 0 Å². The van der Waals surface area contributed by atoms with Crippen molar-refractivity contribution in [2.24, 2.45) is 0 Å². The molecule has 0 saturated carbocycles. The first-order valence-electron chi connectivity index (χ1n) is 5.90. The Balaban J connectivity index is 2.07. The average molecular weight is 312 g/mol. The minimum Gasteiger partial charge on any atom is -0.476 e.